The fraction of sp³-hybridized carbons (Fsp3) is 0.636. The van der Waals surface area contributed by atoms with E-state index >= 15 is 0 Å². The van der Waals surface area contributed by atoms with E-state index in [0.717, 1.165) is 63.6 Å². The van der Waals surface area contributed by atoms with Crippen molar-refractivity contribution in [3.63, 3.8) is 0 Å². The number of unbranched alkanes of at least 4 members (excludes halogenated alkanes) is 1. The maximum absolute atomic E-state index is 11.2. The summed E-state index contributed by atoms with van der Waals surface area (Å²) in [6.45, 7) is 5.25. The van der Waals surface area contributed by atoms with Crippen LogP contribution in [0.1, 0.15) is 24.8 Å². The number of piperazine rings is 1. The molecule has 0 radical (unpaired) electrons. The van der Waals surface area contributed by atoms with Crippen LogP contribution in [-0.2, 0) is 16.1 Å². The maximum atomic E-state index is 11.2. The Morgan fingerprint density at radius 3 is 2.12 bits per heavy atom. The minimum absolute atomic E-state index is 0. The summed E-state index contributed by atoms with van der Waals surface area (Å²) in [5, 5.41) is 3.40. The van der Waals surface area contributed by atoms with Crippen LogP contribution in [0, 0.1) is 0 Å². The molecule has 2 rings (SSSR count). The number of nitrogens with zero attached hydrogens (tertiary/aromatic N) is 3. The van der Waals surface area contributed by atoms with Gasteiger partial charge in [-0.2, -0.15) is 0 Å². The van der Waals surface area contributed by atoms with Crippen LogP contribution in [0.25, 0.3) is 0 Å². The van der Waals surface area contributed by atoms with E-state index in [4.69, 9.17) is 14.2 Å². The van der Waals surface area contributed by atoms with E-state index < -0.39 is 0 Å². The summed E-state index contributed by atoms with van der Waals surface area (Å²) < 4.78 is 21.0. The third kappa shape index (κ3) is 8.19. The number of ether oxygens (including phenoxy) is 4. The average Bonchev–Trinajstić information content (AvgIpc) is 2.81. The third-order valence-electron chi connectivity index (χ3n) is 5.33. The van der Waals surface area contributed by atoms with Gasteiger partial charge in [0, 0.05) is 52.7 Å². The molecule has 1 saturated heterocycles. The van der Waals surface area contributed by atoms with Crippen molar-refractivity contribution in [2.75, 3.05) is 68.2 Å². The van der Waals surface area contributed by atoms with Crippen molar-refractivity contribution in [3.05, 3.63) is 17.7 Å². The fourth-order valence-electron chi connectivity index (χ4n) is 3.63. The normalized spacial score (nSPS) is 14.4. The first kappa shape index (κ1) is 28.1. The number of methoxy groups -OCH3 is 4. The summed E-state index contributed by atoms with van der Waals surface area (Å²) in [5.74, 6) is 2.71. The number of hydrogen-bond donors (Lipinski definition) is 1. The predicted molar refractivity (Wildman–Crippen MR) is 136 cm³/mol. The van der Waals surface area contributed by atoms with Crippen LogP contribution in [0.2, 0.25) is 0 Å². The minimum atomic E-state index is -0.160. The zero-order chi connectivity index (χ0) is 22.6. The number of guanidine groups is 1. The van der Waals surface area contributed by atoms with Crippen molar-refractivity contribution in [2.45, 2.75) is 25.8 Å². The van der Waals surface area contributed by atoms with E-state index in [9.17, 15) is 4.79 Å². The molecule has 0 amide bonds. The summed E-state index contributed by atoms with van der Waals surface area (Å²) in [7, 11) is 8.10. The van der Waals surface area contributed by atoms with Gasteiger partial charge in [-0.1, -0.05) is 0 Å². The Labute approximate surface area is 208 Å². The molecule has 0 saturated carbocycles. The van der Waals surface area contributed by atoms with Crippen LogP contribution in [0.5, 0.6) is 17.2 Å². The van der Waals surface area contributed by atoms with Crippen molar-refractivity contribution < 1.29 is 23.7 Å². The van der Waals surface area contributed by atoms with Crippen LogP contribution in [-0.4, -0.2) is 89.9 Å². The van der Waals surface area contributed by atoms with Crippen molar-refractivity contribution in [2.24, 2.45) is 4.99 Å². The zero-order valence-electron chi connectivity index (χ0n) is 19.8. The topological polar surface area (TPSA) is 84.9 Å². The quantitative estimate of drug-likeness (QED) is 0.153. The van der Waals surface area contributed by atoms with Crippen LogP contribution in [0.15, 0.2) is 17.1 Å². The number of rotatable bonds is 10. The third-order valence-corrected chi connectivity index (χ3v) is 5.33. The van der Waals surface area contributed by atoms with Gasteiger partial charge in [-0.3, -0.25) is 14.7 Å². The molecule has 0 spiro atoms. The van der Waals surface area contributed by atoms with Crippen LogP contribution in [0.4, 0.5) is 0 Å². The van der Waals surface area contributed by atoms with E-state index in [1.165, 1.54) is 7.11 Å². The molecule has 182 valence electrons. The molecule has 9 nitrogen and oxygen atoms in total. The van der Waals surface area contributed by atoms with Gasteiger partial charge in [0.05, 0.1) is 28.4 Å². The molecule has 1 fully saturated rings. The number of esters is 1. The minimum Gasteiger partial charge on any atom is -0.493 e. The number of hydrogen-bond acceptors (Lipinski definition) is 7. The molecule has 32 heavy (non-hydrogen) atoms. The SMILES string of the molecule is CN=C(NCCCCC(=O)OC)N1CCN(Cc2cc(OC)c(OC)c(OC)c2)CC1.I. The van der Waals surface area contributed by atoms with Crippen molar-refractivity contribution in [3.8, 4) is 17.2 Å². The number of carbonyl (C=O) groups is 1. The Kier molecular flexibility index (Phi) is 13.2. The second-order valence-electron chi connectivity index (χ2n) is 7.30. The van der Waals surface area contributed by atoms with Gasteiger partial charge in [0.25, 0.3) is 0 Å². The molecule has 0 aromatic heterocycles. The summed E-state index contributed by atoms with van der Waals surface area (Å²) in [4.78, 5) is 20.3. The molecular weight excluding hydrogens is 527 g/mol. The average molecular weight is 564 g/mol. The zero-order valence-corrected chi connectivity index (χ0v) is 22.1. The van der Waals surface area contributed by atoms with Gasteiger partial charge in [-0.05, 0) is 30.5 Å². The van der Waals surface area contributed by atoms with Gasteiger partial charge in [0.15, 0.2) is 17.5 Å². The number of benzene rings is 1. The van der Waals surface area contributed by atoms with E-state index in [1.54, 1.807) is 28.4 Å². The lowest BCUT2D eigenvalue weighted by Crippen LogP contribution is -2.52. The molecule has 0 atom stereocenters. The standard InChI is InChI=1S/C22H36N4O5.HI/c1-23-22(24-9-7-6-8-20(27)30-4)26-12-10-25(11-13-26)16-17-14-18(28-2)21(31-5)19(15-17)29-3;/h14-15H,6-13,16H2,1-5H3,(H,23,24);1H. The highest BCUT2D eigenvalue weighted by Crippen LogP contribution is 2.38. The predicted octanol–water partition coefficient (Wildman–Crippen LogP) is 2.37. The van der Waals surface area contributed by atoms with Crippen molar-refractivity contribution in [1.29, 1.82) is 0 Å². The van der Waals surface area contributed by atoms with E-state index in [-0.39, 0.29) is 29.9 Å². The first-order valence-electron chi connectivity index (χ1n) is 10.6. The molecule has 1 N–H and O–H groups in total. The summed E-state index contributed by atoms with van der Waals surface area (Å²) in [5.41, 5.74) is 1.12. The largest absolute Gasteiger partial charge is 0.493 e. The second kappa shape index (κ2) is 15.0. The summed E-state index contributed by atoms with van der Waals surface area (Å²) in [6, 6.07) is 4.01. The molecule has 1 aliphatic heterocycles. The fourth-order valence-corrected chi connectivity index (χ4v) is 3.63. The lowest BCUT2D eigenvalue weighted by molar-refractivity contribution is -0.140. The summed E-state index contributed by atoms with van der Waals surface area (Å²) >= 11 is 0. The molecule has 0 bridgehead atoms. The van der Waals surface area contributed by atoms with Crippen LogP contribution in [0.3, 0.4) is 0 Å². The Morgan fingerprint density at radius 2 is 1.62 bits per heavy atom. The number of nitrogens with one attached hydrogen (secondary N) is 1. The maximum Gasteiger partial charge on any atom is 0.305 e. The first-order valence-corrected chi connectivity index (χ1v) is 10.6. The molecule has 1 aliphatic rings. The Bertz CT molecular complexity index is 714. The van der Waals surface area contributed by atoms with Gasteiger partial charge in [0.1, 0.15) is 0 Å². The van der Waals surface area contributed by atoms with Crippen LogP contribution >= 0.6 is 24.0 Å². The van der Waals surface area contributed by atoms with E-state index in [2.05, 4.69) is 24.8 Å². The van der Waals surface area contributed by atoms with E-state index in [0.29, 0.717) is 23.7 Å². The monoisotopic (exact) mass is 564 g/mol. The van der Waals surface area contributed by atoms with Crippen LogP contribution < -0.4 is 19.5 Å². The lowest BCUT2D eigenvalue weighted by Gasteiger charge is -2.36. The molecule has 1 aromatic carbocycles. The van der Waals surface area contributed by atoms with Crippen molar-refractivity contribution in [1.82, 2.24) is 15.1 Å². The number of carbonyl (C=O) groups excluding carboxylic acids is 1. The summed E-state index contributed by atoms with van der Waals surface area (Å²) in [6.07, 6.45) is 2.16. The van der Waals surface area contributed by atoms with Gasteiger partial charge >= 0.3 is 5.97 Å². The highest BCUT2D eigenvalue weighted by Gasteiger charge is 2.21. The Morgan fingerprint density at radius 1 is 1.00 bits per heavy atom. The molecule has 10 heteroatoms. The molecule has 0 unspecified atom stereocenters. The second-order valence-corrected chi connectivity index (χ2v) is 7.30. The van der Waals surface area contributed by atoms with Gasteiger partial charge in [-0.25, -0.2) is 0 Å². The molecule has 0 aliphatic carbocycles. The van der Waals surface area contributed by atoms with Gasteiger partial charge in [0.2, 0.25) is 5.75 Å². The molecule has 1 heterocycles. The van der Waals surface area contributed by atoms with E-state index in [1.807, 2.05) is 12.1 Å². The number of aliphatic imine (C=N–C) groups is 1. The Balaban J connectivity index is 0.00000512. The van der Waals surface area contributed by atoms with Gasteiger partial charge in [-0.15, -0.1) is 24.0 Å². The smallest absolute Gasteiger partial charge is 0.305 e. The van der Waals surface area contributed by atoms with Gasteiger partial charge < -0.3 is 29.2 Å². The highest BCUT2D eigenvalue weighted by atomic mass is 127. The Hall–Kier alpha value is -1.95. The lowest BCUT2D eigenvalue weighted by atomic mass is 10.1. The highest BCUT2D eigenvalue weighted by molar-refractivity contribution is 14.0. The van der Waals surface area contributed by atoms with Crippen molar-refractivity contribution >= 4 is 35.9 Å². The molecule has 1 aromatic rings. The first-order chi connectivity index (χ1) is 15.1. The number of halogens is 1. The molecular formula is C22H37IN4O5.